The molecule has 0 saturated carbocycles. The van der Waals surface area contributed by atoms with Crippen molar-refractivity contribution in [1.82, 2.24) is 4.81 Å². The molecule has 0 amide bonds. The van der Waals surface area contributed by atoms with Gasteiger partial charge in [-0.05, 0) is 31.0 Å². The van der Waals surface area contributed by atoms with Crippen LogP contribution in [0.25, 0.3) is 0 Å². The van der Waals surface area contributed by atoms with Gasteiger partial charge in [-0.1, -0.05) is 13.8 Å². The monoisotopic (exact) mass is 189 g/mol. The molecule has 0 aliphatic carbocycles. The Labute approximate surface area is 78.6 Å². The molecule has 1 rings (SSSR count). The Morgan fingerprint density at radius 3 is 2.18 bits per heavy atom. The van der Waals surface area contributed by atoms with Gasteiger partial charge < -0.3 is 4.81 Å². The normalized spacial score (nSPS) is 19.4. The molecule has 0 bridgehead atoms. The van der Waals surface area contributed by atoms with Gasteiger partial charge in [0.15, 0.2) is 0 Å². The summed E-state index contributed by atoms with van der Waals surface area (Å²) in [5.41, 5.74) is 0. The van der Waals surface area contributed by atoms with Crippen LogP contribution in [0.5, 0.6) is 0 Å². The van der Waals surface area contributed by atoms with Crippen LogP contribution >= 0.6 is 23.2 Å². The predicted molar refractivity (Wildman–Crippen MR) is 58.2 cm³/mol. The van der Waals surface area contributed by atoms with E-state index < -0.39 is 0 Å². The third-order valence-electron chi connectivity index (χ3n) is 1.92. The van der Waals surface area contributed by atoms with Gasteiger partial charge in [-0.25, -0.2) is 0 Å². The molecule has 0 radical (unpaired) electrons. The minimum atomic E-state index is 0.749. The molecule has 1 aliphatic rings. The Morgan fingerprint density at radius 2 is 1.73 bits per heavy atom. The first-order valence-electron chi connectivity index (χ1n) is 4.35. The highest BCUT2D eigenvalue weighted by Crippen LogP contribution is 2.28. The Bertz CT molecular complexity index is 103. The van der Waals surface area contributed by atoms with Crippen molar-refractivity contribution in [3.05, 3.63) is 0 Å². The molecule has 0 aromatic rings. The minimum absolute atomic E-state index is 0.749. The SMILES string of the molecule is CCN(CC)B1SCCCS1. The lowest BCUT2D eigenvalue weighted by Gasteiger charge is -2.28. The number of nitrogens with zero attached hydrogens (tertiary/aromatic N) is 1. The predicted octanol–water partition coefficient (Wildman–Crippen LogP) is 2.18. The van der Waals surface area contributed by atoms with E-state index in [9.17, 15) is 0 Å². The molecule has 1 nitrogen and oxygen atoms in total. The smallest absolute Gasteiger partial charge is 0.324 e. The summed E-state index contributed by atoms with van der Waals surface area (Å²) in [6.45, 7) is 6.89. The Balaban J connectivity index is 2.30. The summed E-state index contributed by atoms with van der Waals surface area (Å²) in [4.78, 5) is 2.54. The van der Waals surface area contributed by atoms with Crippen molar-refractivity contribution >= 4 is 28.6 Å². The standard InChI is InChI=1S/C7H16BNS2/c1-3-9(4-2)8-10-6-5-7-11-8/h3-7H2,1-2H3. The van der Waals surface area contributed by atoms with Crippen molar-refractivity contribution in [2.45, 2.75) is 20.3 Å². The summed E-state index contributed by atoms with van der Waals surface area (Å²) < 4.78 is 0. The van der Waals surface area contributed by atoms with Crippen LogP contribution in [0.15, 0.2) is 0 Å². The zero-order valence-electron chi connectivity index (χ0n) is 7.38. The number of hydrogen-bond donors (Lipinski definition) is 0. The van der Waals surface area contributed by atoms with Crippen LogP contribution in [-0.4, -0.2) is 34.8 Å². The molecular formula is C7H16BNS2. The highest BCUT2D eigenvalue weighted by molar-refractivity contribution is 8.54. The van der Waals surface area contributed by atoms with E-state index in [0.717, 1.165) is 5.40 Å². The van der Waals surface area contributed by atoms with E-state index in [1.807, 2.05) is 0 Å². The van der Waals surface area contributed by atoms with Gasteiger partial charge in [-0.3, -0.25) is 0 Å². The molecule has 0 spiro atoms. The van der Waals surface area contributed by atoms with Crippen LogP contribution in [0.3, 0.4) is 0 Å². The first kappa shape index (κ1) is 9.81. The van der Waals surface area contributed by atoms with Crippen LogP contribution < -0.4 is 0 Å². The summed E-state index contributed by atoms with van der Waals surface area (Å²) in [7, 11) is 0. The molecule has 1 saturated heterocycles. The second-order valence-corrected chi connectivity index (χ2v) is 5.30. The quantitative estimate of drug-likeness (QED) is 0.626. The molecule has 11 heavy (non-hydrogen) atoms. The lowest BCUT2D eigenvalue weighted by atomic mass is 10.2. The van der Waals surface area contributed by atoms with E-state index in [0.29, 0.717) is 0 Å². The molecular weight excluding hydrogens is 173 g/mol. The molecule has 0 atom stereocenters. The van der Waals surface area contributed by atoms with E-state index in [1.54, 1.807) is 0 Å². The molecule has 0 N–H and O–H groups in total. The van der Waals surface area contributed by atoms with Crippen LogP contribution in [0, 0.1) is 0 Å². The fourth-order valence-electron chi connectivity index (χ4n) is 1.21. The third-order valence-corrected chi connectivity index (χ3v) is 4.95. The van der Waals surface area contributed by atoms with Gasteiger partial charge in [-0.2, -0.15) is 23.2 Å². The van der Waals surface area contributed by atoms with E-state index in [1.165, 1.54) is 31.0 Å². The summed E-state index contributed by atoms with van der Waals surface area (Å²) in [5, 5.41) is 0.749. The van der Waals surface area contributed by atoms with Crippen LogP contribution in [0.4, 0.5) is 0 Å². The van der Waals surface area contributed by atoms with Crippen LogP contribution in [-0.2, 0) is 0 Å². The Hall–Kier alpha value is 0.725. The molecule has 0 unspecified atom stereocenters. The van der Waals surface area contributed by atoms with Gasteiger partial charge >= 0.3 is 5.40 Å². The molecule has 1 heterocycles. The van der Waals surface area contributed by atoms with Crippen molar-refractivity contribution in [3.63, 3.8) is 0 Å². The van der Waals surface area contributed by atoms with Crippen LogP contribution in [0.1, 0.15) is 20.3 Å². The zero-order valence-corrected chi connectivity index (χ0v) is 9.01. The average Bonchev–Trinajstić information content (AvgIpc) is 2.09. The lowest BCUT2D eigenvalue weighted by molar-refractivity contribution is 0.499. The summed E-state index contributed by atoms with van der Waals surface area (Å²) in [6.07, 6.45) is 1.40. The maximum absolute atomic E-state index is 2.54. The van der Waals surface area contributed by atoms with E-state index in [-0.39, 0.29) is 0 Å². The van der Waals surface area contributed by atoms with Gasteiger partial charge in [-0.15, -0.1) is 0 Å². The number of hydrogen-bond acceptors (Lipinski definition) is 3. The zero-order chi connectivity index (χ0) is 8.10. The molecule has 1 fully saturated rings. The van der Waals surface area contributed by atoms with Crippen molar-refractivity contribution in [3.8, 4) is 0 Å². The first-order valence-corrected chi connectivity index (χ1v) is 6.45. The van der Waals surface area contributed by atoms with Crippen LogP contribution in [0.2, 0.25) is 0 Å². The summed E-state index contributed by atoms with van der Waals surface area (Å²) in [6, 6.07) is 0. The molecule has 4 heteroatoms. The van der Waals surface area contributed by atoms with Gasteiger partial charge in [0.25, 0.3) is 0 Å². The highest BCUT2D eigenvalue weighted by Gasteiger charge is 2.24. The maximum atomic E-state index is 2.54. The summed E-state index contributed by atoms with van der Waals surface area (Å²) >= 11 is 4.22. The van der Waals surface area contributed by atoms with Crippen molar-refractivity contribution in [2.24, 2.45) is 0 Å². The highest BCUT2D eigenvalue weighted by atomic mass is 32.2. The molecule has 1 aliphatic heterocycles. The molecule has 0 aromatic heterocycles. The lowest BCUT2D eigenvalue weighted by Crippen LogP contribution is -2.36. The van der Waals surface area contributed by atoms with E-state index in [4.69, 9.17) is 0 Å². The first-order chi connectivity index (χ1) is 5.38. The van der Waals surface area contributed by atoms with Gasteiger partial charge in [0.2, 0.25) is 0 Å². The largest absolute Gasteiger partial charge is 0.360 e. The van der Waals surface area contributed by atoms with Crippen molar-refractivity contribution in [2.75, 3.05) is 24.6 Å². The van der Waals surface area contributed by atoms with Crippen molar-refractivity contribution < 1.29 is 0 Å². The Kier molecular flexibility index (Phi) is 4.80. The number of rotatable bonds is 3. The molecule has 64 valence electrons. The minimum Gasteiger partial charge on any atom is -0.324 e. The summed E-state index contributed by atoms with van der Waals surface area (Å²) in [5.74, 6) is 2.71. The Morgan fingerprint density at radius 1 is 1.18 bits per heavy atom. The second-order valence-electron chi connectivity index (χ2n) is 2.62. The van der Waals surface area contributed by atoms with E-state index in [2.05, 4.69) is 41.9 Å². The van der Waals surface area contributed by atoms with Gasteiger partial charge in [0, 0.05) is 0 Å². The van der Waals surface area contributed by atoms with E-state index >= 15 is 0 Å². The fraction of sp³-hybridized carbons (Fsp3) is 1.00. The molecule has 0 aromatic carbocycles. The maximum Gasteiger partial charge on any atom is 0.360 e. The average molecular weight is 189 g/mol. The fourth-order valence-corrected chi connectivity index (χ4v) is 4.40. The van der Waals surface area contributed by atoms with Gasteiger partial charge in [0.05, 0.1) is 0 Å². The second kappa shape index (κ2) is 5.38. The third kappa shape index (κ3) is 2.92. The topological polar surface area (TPSA) is 3.24 Å². The van der Waals surface area contributed by atoms with Crippen molar-refractivity contribution in [1.29, 1.82) is 0 Å². The van der Waals surface area contributed by atoms with Gasteiger partial charge in [0.1, 0.15) is 0 Å².